The molecule has 0 unspecified atom stereocenters. The molecule has 0 N–H and O–H groups in total. The van der Waals surface area contributed by atoms with Crippen LogP contribution in [0.5, 0.6) is 0 Å². The zero-order valence-electron chi connectivity index (χ0n) is 16.5. The molecule has 146 valence electrons. The number of imidazole rings is 1. The van der Waals surface area contributed by atoms with Crippen LogP contribution in [0.4, 0.5) is 0 Å². The van der Waals surface area contributed by atoms with Gasteiger partial charge < -0.3 is 14.0 Å². The van der Waals surface area contributed by atoms with Crippen LogP contribution in [0.2, 0.25) is 0 Å². The zero-order valence-corrected chi connectivity index (χ0v) is 16.5. The van der Waals surface area contributed by atoms with Crippen molar-refractivity contribution in [3.63, 3.8) is 0 Å². The summed E-state index contributed by atoms with van der Waals surface area (Å²) in [6.07, 6.45) is 1.83. The average molecular weight is 385 g/mol. The Hall–Kier alpha value is -3.20. The van der Waals surface area contributed by atoms with Gasteiger partial charge in [0.05, 0.1) is 23.8 Å². The largest absolute Gasteiger partial charge is 0.374 e. The van der Waals surface area contributed by atoms with Crippen molar-refractivity contribution in [2.24, 2.45) is 0 Å². The van der Waals surface area contributed by atoms with E-state index in [1.54, 1.807) is 0 Å². The van der Waals surface area contributed by atoms with E-state index in [4.69, 9.17) is 14.5 Å². The maximum atomic E-state index is 5.77. The van der Waals surface area contributed by atoms with E-state index in [2.05, 4.69) is 27.5 Å². The third kappa shape index (κ3) is 4.45. The Morgan fingerprint density at radius 1 is 0.966 bits per heavy atom. The van der Waals surface area contributed by atoms with Gasteiger partial charge in [0.1, 0.15) is 24.6 Å². The number of hydrogen-bond acceptors (Lipinski definition) is 4. The number of ether oxygens (including phenoxy) is 2. The lowest BCUT2D eigenvalue weighted by Crippen LogP contribution is -2.11. The van der Waals surface area contributed by atoms with Gasteiger partial charge in [-0.15, -0.1) is 0 Å². The SMILES string of the molecule is CCOCc1nc2cnc3ccccc3c2n1CCOCC#Cc1ccccc1. The monoisotopic (exact) mass is 385 g/mol. The number of rotatable bonds is 7. The predicted octanol–water partition coefficient (Wildman–Crippen LogP) is 4.19. The molecule has 29 heavy (non-hydrogen) atoms. The van der Waals surface area contributed by atoms with Gasteiger partial charge in [0.2, 0.25) is 0 Å². The van der Waals surface area contributed by atoms with Gasteiger partial charge in [-0.1, -0.05) is 48.2 Å². The number of para-hydroxylation sites is 1. The third-order valence-electron chi connectivity index (χ3n) is 4.63. The second kappa shape index (κ2) is 9.33. The van der Waals surface area contributed by atoms with E-state index < -0.39 is 0 Å². The Labute approximate surface area is 170 Å². The fourth-order valence-corrected chi connectivity index (χ4v) is 3.29. The van der Waals surface area contributed by atoms with E-state index in [1.165, 1.54) is 0 Å². The molecule has 0 spiro atoms. The normalized spacial score (nSPS) is 10.9. The molecule has 0 aliphatic heterocycles. The van der Waals surface area contributed by atoms with Crippen LogP contribution >= 0.6 is 0 Å². The van der Waals surface area contributed by atoms with Crippen molar-refractivity contribution < 1.29 is 9.47 Å². The number of aromatic nitrogens is 3. The van der Waals surface area contributed by atoms with Gasteiger partial charge in [-0.2, -0.15) is 0 Å². The van der Waals surface area contributed by atoms with Crippen LogP contribution in [0.15, 0.2) is 60.8 Å². The van der Waals surface area contributed by atoms with Crippen LogP contribution < -0.4 is 0 Å². The Bertz CT molecular complexity index is 1160. The molecule has 2 heterocycles. The Kier molecular flexibility index (Phi) is 6.16. The first-order valence-electron chi connectivity index (χ1n) is 9.79. The minimum atomic E-state index is 0.393. The van der Waals surface area contributed by atoms with Crippen LogP contribution in [0.1, 0.15) is 18.3 Å². The lowest BCUT2D eigenvalue weighted by Gasteiger charge is -2.10. The summed E-state index contributed by atoms with van der Waals surface area (Å²) < 4.78 is 13.6. The second-order valence-corrected chi connectivity index (χ2v) is 6.55. The molecule has 0 fully saturated rings. The smallest absolute Gasteiger partial charge is 0.136 e. The van der Waals surface area contributed by atoms with E-state index in [1.807, 2.05) is 61.7 Å². The fourth-order valence-electron chi connectivity index (χ4n) is 3.29. The number of fused-ring (bicyclic) bond motifs is 3. The molecule has 0 aliphatic carbocycles. The van der Waals surface area contributed by atoms with Gasteiger partial charge in [-0.05, 0) is 25.1 Å². The molecule has 0 saturated carbocycles. The predicted molar refractivity (Wildman–Crippen MR) is 115 cm³/mol. The highest BCUT2D eigenvalue weighted by molar-refractivity contribution is 6.02. The molecule has 0 amide bonds. The van der Waals surface area contributed by atoms with Crippen molar-refractivity contribution >= 4 is 21.9 Å². The summed E-state index contributed by atoms with van der Waals surface area (Å²) in [7, 11) is 0. The van der Waals surface area contributed by atoms with Crippen molar-refractivity contribution in [2.75, 3.05) is 19.8 Å². The van der Waals surface area contributed by atoms with Gasteiger partial charge in [-0.3, -0.25) is 4.98 Å². The fraction of sp³-hybridized carbons (Fsp3) is 0.250. The molecule has 2 aromatic heterocycles. The van der Waals surface area contributed by atoms with Crippen LogP contribution in [0.3, 0.4) is 0 Å². The summed E-state index contributed by atoms with van der Waals surface area (Å²) in [5.74, 6) is 7.06. The first kappa shape index (κ1) is 19.1. The van der Waals surface area contributed by atoms with Crippen molar-refractivity contribution in [3.8, 4) is 11.8 Å². The first-order valence-corrected chi connectivity index (χ1v) is 9.79. The maximum Gasteiger partial charge on any atom is 0.136 e. The van der Waals surface area contributed by atoms with Crippen LogP contribution in [0.25, 0.3) is 21.9 Å². The van der Waals surface area contributed by atoms with Crippen molar-refractivity contribution in [2.45, 2.75) is 20.1 Å². The summed E-state index contributed by atoms with van der Waals surface area (Å²) in [6, 6.07) is 18.0. The standard InChI is InChI=1S/C24H23N3O2/c1-2-28-18-23-26-22-17-25-21-13-7-6-12-20(21)24(22)27(23)14-16-29-15-8-11-19-9-4-3-5-10-19/h3-7,9-10,12-13,17H,2,14-16,18H2,1H3. The van der Waals surface area contributed by atoms with Crippen LogP contribution in [-0.4, -0.2) is 34.4 Å². The zero-order chi connectivity index (χ0) is 19.9. The van der Waals surface area contributed by atoms with E-state index in [9.17, 15) is 0 Å². The van der Waals surface area contributed by atoms with Gasteiger partial charge in [0, 0.05) is 24.1 Å². The number of pyridine rings is 1. The molecule has 4 aromatic rings. The second-order valence-electron chi connectivity index (χ2n) is 6.55. The average Bonchev–Trinajstić information content (AvgIpc) is 3.13. The molecule has 5 nitrogen and oxygen atoms in total. The van der Waals surface area contributed by atoms with E-state index >= 15 is 0 Å². The maximum absolute atomic E-state index is 5.77. The van der Waals surface area contributed by atoms with Crippen molar-refractivity contribution in [1.82, 2.24) is 14.5 Å². The number of benzene rings is 2. The quantitative estimate of drug-likeness (QED) is 0.354. The van der Waals surface area contributed by atoms with Crippen LogP contribution in [-0.2, 0) is 22.6 Å². The molecule has 0 saturated heterocycles. The van der Waals surface area contributed by atoms with Crippen LogP contribution in [0, 0.1) is 11.8 Å². The molecule has 0 radical (unpaired) electrons. The molecular weight excluding hydrogens is 362 g/mol. The Morgan fingerprint density at radius 2 is 1.79 bits per heavy atom. The molecule has 2 aromatic carbocycles. The van der Waals surface area contributed by atoms with E-state index in [0.717, 1.165) is 33.3 Å². The number of hydrogen-bond donors (Lipinski definition) is 0. The number of nitrogens with zero attached hydrogens (tertiary/aromatic N) is 3. The summed E-state index contributed by atoms with van der Waals surface area (Å²) in [5.41, 5.74) is 3.90. The van der Waals surface area contributed by atoms with Gasteiger partial charge in [0.25, 0.3) is 0 Å². The summed E-state index contributed by atoms with van der Waals surface area (Å²) in [5, 5.41) is 1.09. The first-order chi connectivity index (χ1) is 14.4. The highest BCUT2D eigenvalue weighted by atomic mass is 16.5. The lowest BCUT2D eigenvalue weighted by molar-refractivity contribution is 0.121. The third-order valence-corrected chi connectivity index (χ3v) is 4.63. The van der Waals surface area contributed by atoms with E-state index in [-0.39, 0.29) is 0 Å². The molecule has 4 rings (SSSR count). The molecule has 0 atom stereocenters. The van der Waals surface area contributed by atoms with Crippen molar-refractivity contribution in [1.29, 1.82) is 0 Å². The topological polar surface area (TPSA) is 49.2 Å². The molecule has 5 heteroatoms. The van der Waals surface area contributed by atoms with Gasteiger partial charge in [-0.25, -0.2) is 4.98 Å². The molecule has 0 aliphatic rings. The Balaban J connectivity index is 1.52. The Morgan fingerprint density at radius 3 is 2.66 bits per heavy atom. The minimum Gasteiger partial charge on any atom is -0.374 e. The van der Waals surface area contributed by atoms with Gasteiger partial charge in [0.15, 0.2) is 0 Å². The summed E-state index contributed by atoms with van der Waals surface area (Å²) in [6.45, 7) is 4.72. The molecule has 0 bridgehead atoms. The lowest BCUT2D eigenvalue weighted by atomic mass is 10.2. The van der Waals surface area contributed by atoms with Gasteiger partial charge >= 0.3 is 0 Å². The highest BCUT2D eigenvalue weighted by Gasteiger charge is 2.14. The van der Waals surface area contributed by atoms with E-state index in [0.29, 0.717) is 33.0 Å². The summed E-state index contributed by atoms with van der Waals surface area (Å²) in [4.78, 5) is 9.27. The highest BCUT2D eigenvalue weighted by Crippen LogP contribution is 2.25. The van der Waals surface area contributed by atoms with Crippen molar-refractivity contribution in [3.05, 3.63) is 72.2 Å². The molecular formula is C24H23N3O2. The summed E-state index contributed by atoms with van der Waals surface area (Å²) >= 11 is 0. The minimum absolute atomic E-state index is 0.393.